The first-order valence-corrected chi connectivity index (χ1v) is 13.3. The monoisotopic (exact) mass is 574 g/mol. The zero-order chi connectivity index (χ0) is 29.8. The molecule has 0 spiro atoms. The highest BCUT2D eigenvalue weighted by molar-refractivity contribution is 5.92. The van der Waals surface area contributed by atoms with Crippen LogP contribution in [0.5, 0.6) is 17.2 Å². The highest BCUT2D eigenvalue weighted by Crippen LogP contribution is 2.38. The molecule has 2 aromatic heterocycles. The van der Waals surface area contributed by atoms with Crippen molar-refractivity contribution in [3.05, 3.63) is 113 Å². The van der Waals surface area contributed by atoms with E-state index in [2.05, 4.69) is 10.4 Å². The van der Waals surface area contributed by atoms with Crippen LogP contribution in [0, 0.1) is 0 Å². The van der Waals surface area contributed by atoms with E-state index in [-0.39, 0.29) is 29.6 Å². The molecular weight excluding hydrogens is 548 g/mol. The van der Waals surface area contributed by atoms with Crippen LogP contribution in [0.4, 0.5) is 5.69 Å². The molecule has 0 saturated carbocycles. The fourth-order valence-electron chi connectivity index (χ4n) is 4.58. The van der Waals surface area contributed by atoms with Gasteiger partial charge in [0, 0.05) is 16.6 Å². The minimum absolute atomic E-state index is 0.248. The molecule has 10 heteroatoms. The second-order valence-corrected chi connectivity index (χ2v) is 9.42. The van der Waals surface area contributed by atoms with E-state index in [1.54, 1.807) is 42.5 Å². The van der Waals surface area contributed by atoms with E-state index in [1.807, 2.05) is 54.6 Å². The minimum Gasteiger partial charge on any atom is -0.493 e. The zero-order valence-corrected chi connectivity index (χ0v) is 23.3. The molecule has 0 radical (unpaired) electrons. The Balaban J connectivity index is 1.34. The number of methoxy groups -OCH3 is 2. The summed E-state index contributed by atoms with van der Waals surface area (Å²) < 4.78 is 24.1. The van der Waals surface area contributed by atoms with Gasteiger partial charge in [0.05, 0.1) is 31.3 Å². The standard InChI is InChI=1S/C33H26N4O6/c1-40-27-16-21(17-28(41-2)31(27)42-20-30(38)35-23-11-4-3-5-12-23)19-34-37-32(29-18-22-10-6-9-15-26(22)43-29)36-25-14-8-7-13-24(25)33(37)39/h3-19H,20H2,1-2H3,(H,35,38). The van der Waals surface area contributed by atoms with Gasteiger partial charge in [-0.1, -0.05) is 48.5 Å². The van der Waals surface area contributed by atoms with Crippen molar-refractivity contribution in [1.29, 1.82) is 0 Å². The number of benzene rings is 4. The number of nitrogens with one attached hydrogen (secondary N) is 1. The fraction of sp³-hybridized carbons (Fsp3) is 0.0909. The predicted molar refractivity (Wildman–Crippen MR) is 164 cm³/mol. The summed E-state index contributed by atoms with van der Waals surface area (Å²) in [7, 11) is 2.95. The molecule has 0 bridgehead atoms. The average Bonchev–Trinajstić information content (AvgIpc) is 3.48. The topological polar surface area (TPSA) is 117 Å². The van der Waals surface area contributed by atoms with Crippen molar-refractivity contribution >= 4 is 39.7 Å². The third-order valence-corrected chi connectivity index (χ3v) is 6.61. The molecule has 10 nitrogen and oxygen atoms in total. The van der Waals surface area contributed by atoms with Crippen LogP contribution in [-0.4, -0.2) is 42.6 Å². The van der Waals surface area contributed by atoms with E-state index < -0.39 is 0 Å². The van der Waals surface area contributed by atoms with Crippen LogP contribution in [0.25, 0.3) is 33.5 Å². The van der Waals surface area contributed by atoms with Gasteiger partial charge >= 0.3 is 0 Å². The maximum absolute atomic E-state index is 13.6. The summed E-state index contributed by atoms with van der Waals surface area (Å²) in [6.45, 7) is -0.270. The lowest BCUT2D eigenvalue weighted by Crippen LogP contribution is -2.20. The van der Waals surface area contributed by atoms with Crippen LogP contribution < -0.4 is 25.1 Å². The molecule has 4 aromatic carbocycles. The second-order valence-electron chi connectivity index (χ2n) is 9.42. The Bertz CT molecular complexity index is 1970. The number of ether oxygens (including phenoxy) is 3. The SMILES string of the molecule is COc1cc(C=Nn2c(-c3cc4ccccc4o3)nc3ccccc3c2=O)cc(OC)c1OCC(=O)Nc1ccccc1. The van der Waals surface area contributed by atoms with E-state index in [4.69, 9.17) is 23.6 Å². The Labute approximate surface area is 245 Å². The molecule has 0 saturated heterocycles. The first-order valence-electron chi connectivity index (χ1n) is 13.3. The van der Waals surface area contributed by atoms with Crippen molar-refractivity contribution in [3.8, 4) is 28.8 Å². The van der Waals surface area contributed by atoms with Gasteiger partial charge in [-0.25, -0.2) is 4.98 Å². The molecule has 6 aromatic rings. The number of rotatable bonds is 9. The van der Waals surface area contributed by atoms with E-state index >= 15 is 0 Å². The molecule has 0 aliphatic carbocycles. The predicted octanol–water partition coefficient (Wildman–Crippen LogP) is 5.73. The molecule has 6 rings (SSSR count). The maximum atomic E-state index is 13.6. The second kappa shape index (κ2) is 11.9. The Morgan fingerprint density at radius 2 is 1.63 bits per heavy atom. The van der Waals surface area contributed by atoms with E-state index in [0.29, 0.717) is 45.0 Å². The molecule has 0 aliphatic heterocycles. The van der Waals surface area contributed by atoms with E-state index in [1.165, 1.54) is 25.1 Å². The fourth-order valence-corrected chi connectivity index (χ4v) is 4.58. The summed E-state index contributed by atoms with van der Waals surface area (Å²) in [4.78, 5) is 30.8. The lowest BCUT2D eigenvalue weighted by atomic mass is 10.2. The number of amides is 1. The largest absolute Gasteiger partial charge is 0.493 e. The van der Waals surface area contributed by atoms with E-state index in [9.17, 15) is 9.59 Å². The number of carbonyl (C=O) groups is 1. The highest BCUT2D eigenvalue weighted by atomic mass is 16.5. The number of hydrogen-bond donors (Lipinski definition) is 1. The smallest absolute Gasteiger partial charge is 0.282 e. The van der Waals surface area contributed by atoms with Crippen molar-refractivity contribution in [2.24, 2.45) is 5.10 Å². The Morgan fingerprint density at radius 3 is 2.37 bits per heavy atom. The third kappa shape index (κ3) is 5.66. The summed E-state index contributed by atoms with van der Waals surface area (Å²) in [5.74, 6) is 1.18. The normalized spacial score (nSPS) is 11.2. The van der Waals surface area contributed by atoms with Crippen molar-refractivity contribution in [2.75, 3.05) is 26.1 Å². The summed E-state index contributed by atoms with van der Waals surface area (Å²) in [6, 6.07) is 28.8. The number of hydrogen-bond acceptors (Lipinski definition) is 8. The number of carbonyl (C=O) groups excluding carboxylic acids is 1. The lowest BCUT2D eigenvalue weighted by Gasteiger charge is -2.15. The molecule has 1 amide bonds. The molecule has 2 heterocycles. The van der Waals surface area contributed by atoms with Crippen molar-refractivity contribution in [2.45, 2.75) is 0 Å². The minimum atomic E-state index is -0.361. The Morgan fingerprint density at radius 1 is 0.930 bits per heavy atom. The summed E-state index contributed by atoms with van der Waals surface area (Å²) in [5, 5.41) is 8.57. The first kappa shape index (κ1) is 27.3. The number of nitrogens with zero attached hydrogens (tertiary/aromatic N) is 3. The average molecular weight is 575 g/mol. The van der Waals surface area contributed by atoms with Gasteiger partial charge in [-0.05, 0) is 48.5 Å². The van der Waals surface area contributed by atoms with Gasteiger partial charge in [-0.3, -0.25) is 9.59 Å². The van der Waals surface area contributed by atoms with Gasteiger partial charge in [0.1, 0.15) is 5.58 Å². The lowest BCUT2D eigenvalue weighted by molar-refractivity contribution is -0.118. The molecule has 0 unspecified atom stereocenters. The molecular formula is C33H26N4O6. The Hall–Kier alpha value is -5.90. The van der Waals surface area contributed by atoms with Gasteiger partial charge < -0.3 is 23.9 Å². The van der Waals surface area contributed by atoms with Crippen molar-refractivity contribution in [1.82, 2.24) is 9.66 Å². The molecule has 0 atom stereocenters. The summed E-state index contributed by atoms with van der Waals surface area (Å²) >= 11 is 0. The van der Waals surface area contributed by atoms with Gasteiger partial charge in [0.25, 0.3) is 11.5 Å². The quantitative estimate of drug-likeness (QED) is 0.219. The van der Waals surface area contributed by atoms with Gasteiger partial charge in [0.2, 0.25) is 11.6 Å². The number of para-hydroxylation sites is 3. The van der Waals surface area contributed by atoms with Crippen molar-refractivity contribution < 1.29 is 23.4 Å². The number of fused-ring (bicyclic) bond motifs is 2. The maximum Gasteiger partial charge on any atom is 0.282 e. The molecule has 1 N–H and O–H groups in total. The van der Waals surface area contributed by atoms with Crippen molar-refractivity contribution in [3.63, 3.8) is 0 Å². The van der Waals surface area contributed by atoms with Crippen LogP contribution in [0.2, 0.25) is 0 Å². The third-order valence-electron chi connectivity index (χ3n) is 6.61. The molecule has 43 heavy (non-hydrogen) atoms. The van der Waals surface area contributed by atoms with Crippen LogP contribution in [0.3, 0.4) is 0 Å². The molecule has 0 aliphatic rings. The number of aromatic nitrogens is 2. The summed E-state index contributed by atoms with van der Waals surface area (Å²) in [5.41, 5.74) is 2.03. The highest BCUT2D eigenvalue weighted by Gasteiger charge is 2.18. The molecule has 0 fully saturated rings. The van der Waals surface area contributed by atoms with Gasteiger partial charge in [-0.15, -0.1) is 0 Å². The van der Waals surface area contributed by atoms with Crippen LogP contribution in [0.1, 0.15) is 5.56 Å². The molecule has 214 valence electrons. The number of furan rings is 1. The Kier molecular flexibility index (Phi) is 7.56. The first-order chi connectivity index (χ1) is 21.0. The van der Waals surface area contributed by atoms with Crippen LogP contribution in [-0.2, 0) is 4.79 Å². The summed E-state index contributed by atoms with van der Waals surface area (Å²) in [6.07, 6.45) is 1.49. The van der Waals surface area contributed by atoms with Gasteiger partial charge in [-0.2, -0.15) is 9.78 Å². The van der Waals surface area contributed by atoms with Crippen LogP contribution in [0.15, 0.2) is 111 Å². The zero-order valence-electron chi connectivity index (χ0n) is 23.3. The van der Waals surface area contributed by atoms with E-state index in [0.717, 1.165) is 5.39 Å². The van der Waals surface area contributed by atoms with Crippen LogP contribution >= 0.6 is 0 Å². The number of anilines is 1. The van der Waals surface area contributed by atoms with Gasteiger partial charge in [0.15, 0.2) is 23.9 Å².